The molecule has 3 nitrogen and oxygen atoms in total. The Kier molecular flexibility index (Phi) is 3.66. The molecule has 1 saturated carbocycles. The first kappa shape index (κ1) is 13.4. The fourth-order valence-electron chi connectivity index (χ4n) is 1.81. The molecule has 1 heterocycles. The quantitative estimate of drug-likeness (QED) is 0.790. The predicted molar refractivity (Wildman–Crippen MR) is 62.7 cm³/mol. The third-order valence-corrected chi connectivity index (χ3v) is 2.89. The highest BCUT2D eigenvalue weighted by molar-refractivity contribution is 6.28. The van der Waals surface area contributed by atoms with Crippen molar-refractivity contribution in [3.63, 3.8) is 0 Å². The van der Waals surface area contributed by atoms with Crippen molar-refractivity contribution in [3.8, 4) is 0 Å². The van der Waals surface area contributed by atoms with Gasteiger partial charge in [-0.1, -0.05) is 6.92 Å². The first-order valence-electron chi connectivity index (χ1n) is 5.80. The molecule has 2 rings (SSSR count). The van der Waals surface area contributed by atoms with Crippen LogP contribution in [-0.4, -0.2) is 22.6 Å². The van der Waals surface area contributed by atoms with E-state index in [9.17, 15) is 13.2 Å². The van der Waals surface area contributed by atoms with E-state index in [-0.39, 0.29) is 17.1 Å². The normalized spacial score (nSPS) is 15.8. The summed E-state index contributed by atoms with van der Waals surface area (Å²) in [7, 11) is 0. The fraction of sp³-hybridized carbons (Fsp3) is 0.636. The van der Waals surface area contributed by atoms with Crippen molar-refractivity contribution in [1.82, 2.24) is 9.97 Å². The Hall–Kier alpha value is -1.04. The zero-order chi connectivity index (χ0) is 13.3. The standard InChI is InChI=1S/C11H13ClF3N3/c1-2-5-18(7-3-4-7)9-6-8(11(13,14)15)16-10(12)17-9/h6-7H,2-5H2,1H3. The molecular formula is C11H13ClF3N3. The van der Waals surface area contributed by atoms with Crippen LogP contribution in [0, 0.1) is 0 Å². The summed E-state index contributed by atoms with van der Waals surface area (Å²) in [6.07, 6.45) is -1.67. The van der Waals surface area contributed by atoms with Gasteiger partial charge < -0.3 is 4.90 Å². The van der Waals surface area contributed by atoms with Gasteiger partial charge in [0.05, 0.1) is 0 Å². The Labute approximate surface area is 108 Å². The molecule has 1 aromatic heterocycles. The zero-order valence-corrected chi connectivity index (χ0v) is 10.6. The maximum Gasteiger partial charge on any atom is 0.433 e. The fourth-order valence-corrected chi connectivity index (χ4v) is 1.99. The van der Waals surface area contributed by atoms with E-state index in [0.717, 1.165) is 25.3 Å². The molecule has 1 aliphatic carbocycles. The summed E-state index contributed by atoms with van der Waals surface area (Å²) in [5.41, 5.74) is -0.987. The van der Waals surface area contributed by atoms with E-state index < -0.39 is 11.9 Å². The Balaban J connectivity index is 2.34. The molecule has 0 radical (unpaired) electrons. The summed E-state index contributed by atoms with van der Waals surface area (Å²) in [6, 6.07) is 1.26. The molecule has 1 fully saturated rings. The van der Waals surface area contributed by atoms with Crippen molar-refractivity contribution in [2.24, 2.45) is 0 Å². The molecule has 1 aromatic rings. The zero-order valence-electron chi connectivity index (χ0n) is 9.84. The van der Waals surface area contributed by atoms with Gasteiger partial charge in [0.25, 0.3) is 0 Å². The van der Waals surface area contributed by atoms with Gasteiger partial charge in [0, 0.05) is 18.7 Å². The van der Waals surface area contributed by atoms with Crippen LogP contribution in [0.1, 0.15) is 31.9 Å². The molecule has 0 bridgehead atoms. The maximum atomic E-state index is 12.6. The second-order valence-corrected chi connectivity index (χ2v) is 4.64. The van der Waals surface area contributed by atoms with Crippen LogP contribution < -0.4 is 4.90 Å². The van der Waals surface area contributed by atoms with Crippen LogP contribution in [0.3, 0.4) is 0 Å². The second-order valence-electron chi connectivity index (χ2n) is 4.30. The summed E-state index contributed by atoms with van der Waals surface area (Å²) in [4.78, 5) is 9.02. The minimum absolute atomic E-state index is 0.270. The lowest BCUT2D eigenvalue weighted by Crippen LogP contribution is -2.28. The highest BCUT2D eigenvalue weighted by atomic mass is 35.5. The van der Waals surface area contributed by atoms with Gasteiger partial charge in [-0.2, -0.15) is 13.2 Å². The molecule has 0 atom stereocenters. The van der Waals surface area contributed by atoms with Crippen molar-refractivity contribution in [1.29, 1.82) is 0 Å². The monoisotopic (exact) mass is 279 g/mol. The van der Waals surface area contributed by atoms with Crippen LogP contribution in [0.2, 0.25) is 5.28 Å². The molecule has 18 heavy (non-hydrogen) atoms. The number of nitrogens with zero attached hydrogens (tertiary/aromatic N) is 3. The molecule has 0 amide bonds. The summed E-state index contributed by atoms with van der Waals surface area (Å²) in [5.74, 6) is 0.270. The number of aromatic nitrogens is 2. The third kappa shape index (κ3) is 3.04. The second kappa shape index (κ2) is 4.91. The Morgan fingerprint density at radius 3 is 2.56 bits per heavy atom. The van der Waals surface area contributed by atoms with Crippen LogP contribution >= 0.6 is 11.6 Å². The minimum atomic E-state index is -4.50. The van der Waals surface area contributed by atoms with Gasteiger partial charge in [-0.15, -0.1) is 0 Å². The summed E-state index contributed by atoms with van der Waals surface area (Å²) < 4.78 is 37.9. The highest BCUT2D eigenvalue weighted by Gasteiger charge is 2.36. The average molecular weight is 280 g/mol. The van der Waals surface area contributed by atoms with Crippen LogP contribution in [0.4, 0.5) is 19.0 Å². The topological polar surface area (TPSA) is 29.0 Å². The van der Waals surface area contributed by atoms with Crippen LogP contribution in [0.5, 0.6) is 0 Å². The largest absolute Gasteiger partial charge is 0.433 e. The number of hydrogen-bond donors (Lipinski definition) is 0. The summed E-state index contributed by atoms with van der Waals surface area (Å²) >= 11 is 5.58. The van der Waals surface area contributed by atoms with Crippen molar-refractivity contribution in [2.75, 3.05) is 11.4 Å². The number of anilines is 1. The number of rotatable bonds is 4. The van der Waals surface area contributed by atoms with E-state index in [1.165, 1.54) is 0 Å². The van der Waals surface area contributed by atoms with Gasteiger partial charge in [-0.3, -0.25) is 0 Å². The molecule has 100 valence electrons. The lowest BCUT2D eigenvalue weighted by molar-refractivity contribution is -0.141. The first-order chi connectivity index (χ1) is 8.41. The lowest BCUT2D eigenvalue weighted by atomic mass is 10.3. The number of alkyl halides is 3. The Morgan fingerprint density at radius 1 is 1.39 bits per heavy atom. The number of hydrogen-bond acceptors (Lipinski definition) is 3. The molecule has 7 heteroatoms. The van der Waals surface area contributed by atoms with Crippen molar-refractivity contribution < 1.29 is 13.2 Å². The highest BCUT2D eigenvalue weighted by Crippen LogP contribution is 2.34. The molecule has 1 aliphatic rings. The Bertz CT molecular complexity index is 432. The van der Waals surface area contributed by atoms with Crippen molar-refractivity contribution in [2.45, 2.75) is 38.4 Å². The lowest BCUT2D eigenvalue weighted by Gasteiger charge is -2.23. The van der Waals surface area contributed by atoms with Crippen molar-refractivity contribution >= 4 is 17.4 Å². The van der Waals surface area contributed by atoms with E-state index >= 15 is 0 Å². The van der Waals surface area contributed by atoms with Crippen molar-refractivity contribution in [3.05, 3.63) is 17.0 Å². The van der Waals surface area contributed by atoms with E-state index in [4.69, 9.17) is 11.6 Å². The van der Waals surface area contributed by atoms with E-state index in [1.54, 1.807) is 0 Å². The molecule has 0 aromatic carbocycles. The SMILES string of the molecule is CCCN(c1cc(C(F)(F)F)nc(Cl)n1)C1CC1. The van der Waals surface area contributed by atoms with E-state index in [2.05, 4.69) is 9.97 Å². The molecule has 0 spiro atoms. The van der Waals surface area contributed by atoms with Crippen LogP contribution in [0.15, 0.2) is 6.07 Å². The average Bonchev–Trinajstić information content (AvgIpc) is 3.07. The predicted octanol–water partition coefficient (Wildman–Crippen LogP) is 3.53. The molecule has 0 aliphatic heterocycles. The number of halogens is 4. The van der Waals surface area contributed by atoms with E-state index in [0.29, 0.717) is 6.54 Å². The van der Waals surface area contributed by atoms with Gasteiger partial charge in [0.1, 0.15) is 5.82 Å². The first-order valence-corrected chi connectivity index (χ1v) is 6.18. The van der Waals surface area contributed by atoms with Gasteiger partial charge in [0.2, 0.25) is 5.28 Å². The van der Waals surface area contributed by atoms with Crippen LogP contribution in [-0.2, 0) is 6.18 Å². The summed E-state index contributed by atoms with van der Waals surface area (Å²) in [6.45, 7) is 2.65. The van der Waals surface area contributed by atoms with Gasteiger partial charge in [-0.25, -0.2) is 9.97 Å². The van der Waals surface area contributed by atoms with Gasteiger partial charge in [0.15, 0.2) is 5.69 Å². The van der Waals surface area contributed by atoms with Crippen LogP contribution in [0.25, 0.3) is 0 Å². The van der Waals surface area contributed by atoms with Gasteiger partial charge in [-0.05, 0) is 30.9 Å². The maximum absolute atomic E-state index is 12.6. The van der Waals surface area contributed by atoms with E-state index in [1.807, 2.05) is 11.8 Å². The molecule has 0 N–H and O–H groups in total. The molecule has 0 unspecified atom stereocenters. The smallest absolute Gasteiger partial charge is 0.353 e. The summed E-state index contributed by atoms with van der Waals surface area (Å²) in [5, 5.41) is -0.360. The molecule has 0 saturated heterocycles. The van der Waals surface area contributed by atoms with Gasteiger partial charge >= 0.3 is 6.18 Å². The Morgan fingerprint density at radius 2 is 2.06 bits per heavy atom. The minimum Gasteiger partial charge on any atom is -0.353 e. The molecular weight excluding hydrogens is 267 g/mol. The third-order valence-electron chi connectivity index (χ3n) is 2.72.